The molecule has 0 fully saturated rings. The summed E-state index contributed by atoms with van der Waals surface area (Å²) in [5.41, 5.74) is 3.75. The first kappa shape index (κ1) is 27.9. The summed E-state index contributed by atoms with van der Waals surface area (Å²) in [5.74, 6) is -0.465. The number of aromatic nitrogens is 3. The molecule has 12 heteroatoms. The van der Waals surface area contributed by atoms with E-state index in [1.807, 2.05) is 49.4 Å². The number of anilines is 2. The molecule has 0 aliphatic carbocycles. The van der Waals surface area contributed by atoms with Crippen LogP contribution >= 0.6 is 0 Å². The van der Waals surface area contributed by atoms with Crippen molar-refractivity contribution in [1.29, 1.82) is 0 Å². The van der Waals surface area contributed by atoms with Crippen LogP contribution in [-0.4, -0.2) is 42.8 Å². The van der Waals surface area contributed by atoms with E-state index in [2.05, 4.69) is 44.8 Å². The Bertz CT molecular complexity index is 1530. The summed E-state index contributed by atoms with van der Waals surface area (Å²) in [6.45, 7) is 7.54. The summed E-state index contributed by atoms with van der Waals surface area (Å²) < 4.78 is 1.46. The van der Waals surface area contributed by atoms with Gasteiger partial charge in [-0.2, -0.15) is 9.67 Å². The monoisotopic (exact) mass is 542 g/mol. The zero-order valence-corrected chi connectivity index (χ0v) is 22.6. The van der Waals surface area contributed by atoms with Gasteiger partial charge in [-0.15, -0.1) is 15.3 Å². The third-order valence-electron chi connectivity index (χ3n) is 6.23. The lowest BCUT2D eigenvalue weighted by atomic mass is 10.1. The lowest BCUT2D eigenvalue weighted by Gasteiger charge is -2.19. The van der Waals surface area contributed by atoms with Gasteiger partial charge in [0.15, 0.2) is 5.82 Å². The van der Waals surface area contributed by atoms with E-state index in [-0.39, 0.29) is 17.7 Å². The molecule has 3 N–H and O–H groups in total. The van der Waals surface area contributed by atoms with Gasteiger partial charge in [0.25, 0.3) is 11.6 Å². The van der Waals surface area contributed by atoms with E-state index in [0.717, 1.165) is 23.2 Å². The van der Waals surface area contributed by atoms with Gasteiger partial charge in [0.05, 0.1) is 16.3 Å². The molecule has 1 aromatic heterocycles. The number of nitro groups is 1. The van der Waals surface area contributed by atoms with Gasteiger partial charge in [0.1, 0.15) is 11.7 Å². The van der Waals surface area contributed by atoms with E-state index < -0.39 is 16.9 Å². The number of carboxylic acid groups (broad SMARTS) is 1. The number of nitrogens with one attached hydrogen (secondary N) is 2. The molecule has 0 amide bonds. The Morgan fingerprint density at radius 1 is 1.07 bits per heavy atom. The minimum Gasteiger partial charge on any atom is -0.480 e. The molecule has 1 heterocycles. The highest BCUT2D eigenvalue weighted by atomic mass is 16.6. The molecule has 4 aromatic rings. The zero-order chi connectivity index (χ0) is 28.8. The Morgan fingerprint density at radius 3 is 2.40 bits per heavy atom. The second-order valence-corrected chi connectivity index (χ2v) is 9.33. The van der Waals surface area contributed by atoms with Crippen LogP contribution in [0.4, 0.5) is 28.7 Å². The smallest absolute Gasteiger partial charge is 0.325 e. The Labute approximate surface area is 231 Å². The van der Waals surface area contributed by atoms with Crippen LogP contribution in [0.3, 0.4) is 0 Å². The van der Waals surface area contributed by atoms with Crippen molar-refractivity contribution in [2.45, 2.75) is 46.2 Å². The highest BCUT2D eigenvalue weighted by molar-refractivity contribution is 5.81. The first-order valence-electron chi connectivity index (χ1n) is 12.8. The van der Waals surface area contributed by atoms with E-state index >= 15 is 0 Å². The van der Waals surface area contributed by atoms with E-state index in [0.29, 0.717) is 22.9 Å². The number of nitro benzene ring substituents is 1. The number of hydrogen-bond acceptors (Lipinski definition) is 9. The largest absolute Gasteiger partial charge is 0.480 e. The summed E-state index contributed by atoms with van der Waals surface area (Å²) in [6, 6.07) is 18.3. The molecule has 12 nitrogen and oxygen atoms in total. The van der Waals surface area contributed by atoms with Crippen molar-refractivity contribution in [2.75, 3.05) is 10.6 Å². The first-order chi connectivity index (χ1) is 19.2. The molecule has 2 atom stereocenters. The highest BCUT2D eigenvalue weighted by Gasteiger charge is 2.18. The summed E-state index contributed by atoms with van der Waals surface area (Å²) >= 11 is 0. The molecule has 0 bridgehead atoms. The topological polar surface area (TPSA) is 160 Å². The van der Waals surface area contributed by atoms with Crippen molar-refractivity contribution < 1.29 is 14.8 Å². The molecule has 0 aliphatic rings. The Balaban J connectivity index is 1.79. The molecule has 40 heavy (non-hydrogen) atoms. The van der Waals surface area contributed by atoms with Gasteiger partial charge < -0.3 is 15.7 Å². The molecule has 0 saturated carbocycles. The summed E-state index contributed by atoms with van der Waals surface area (Å²) in [4.78, 5) is 26.8. The number of non-ortho nitro benzene ring substituents is 1. The summed E-state index contributed by atoms with van der Waals surface area (Å²) in [6.07, 6.45) is 0.914. The maximum atomic E-state index is 11.6. The molecule has 0 radical (unpaired) electrons. The van der Waals surface area contributed by atoms with Crippen molar-refractivity contribution in [3.8, 4) is 17.1 Å². The van der Waals surface area contributed by atoms with Gasteiger partial charge in [0.2, 0.25) is 0 Å². The lowest BCUT2D eigenvalue weighted by molar-refractivity contribution is -0.384. The first-order valence-corrected chi connectivity index (χ1v) is 12.8. The highest BCUT2D eigenvalue weighted by Crippen LogP contribution is 2.35. The third kappa shape index (κ3) is 6.46. The van der Waals surface area contributed by atoms with E-state index in [4.69, 9.17) is 0 Å². The van der Waals surface area contributed by atoms with Crippen LogP contribution in [0.25, 0.3) is 17.1 Å². The number of benzene rings is 3. The van der Waals surface area contributed by atoms with Gasteiger partial charge in [0, 0.05) is 29.4 Å². The quantitative estimate of drug-likeness (QED) is 0.108. The van der Waals surface area contributed by atoms with E-state index in [1.54, 1.807) is 19.1 Å². The van der Waals surface area contributed by atoms with E-state index in [9.17, 15) is 20.0 Å². The number of aliphatic carboxylic acids is 1. The number of carbonyl (C=O) groups is 1. The molecule has 0 spiro atoms. The Morgan fingerprint density at radius 2 is 1.77 bits per heavy atom. The van der Waals surface area contributed by atoms with Crippen LogP contribution in [0.2, 0.25) is 0 Å². The zero-order valence-electron chi connectivity index (χ0n) is 22.6. The molecule has 206 valence electrons. The number of aryl methyl sites for hydroxylation is 1. The van der Waals surface area contributed by atoms with E-state index in [1.165, 1.54) is 16.8 Å². The van der Waals surface area contributed by atoms with Crippen molar-refractivity contribution in [2.24, 2.45) is 10.2 Å². The second kappa shape index (κ2) is 12.2. The average Bonchev–Trinajstić information content (AvgIpc) is 3.37. The van der Waals surface area contributed by atoms with Gasteiger partial charge in [-0.05, 0) is 57.0 Å². The normalized spacial score (nSPS) is 12.7. The number of carboxylic acids is 1. The van der Waals surface area contributed by atoms with Crippen LogP contribution in [0.1, 0.15) is 32.8 Å². The van der Waals surface area contributed by atoms with Crippen LogP contribution < -0.4 is 10.6 Å². The molecule has 0 aliphatic heterocycles. The standard InChI is InChI=1S/C28H30N8O4/c1-5-18(3)29-21-15-17(2)25(24(16-21)30-19(4)27(37)38)32-33-28-31-26(20-9-7-6-8-10-20)34-35(28)22-11-13-23(14-12-22)36(39)40/h6-16,18-19,29-30H,5H2,1-4H3,(H,37,38). The van der Waals surface area contributed by atoms with Crippen LogP contribution in [0, 0.1) is 17.0 Å². The van der Waals surface area contributed by atoms with Crippen LogP contribution in [0.15, 0.2) is 77.0 Å². The maximum Gasteiger partial charge on any atom is 0.325 e. The second-order valence-electron chi connectivity index (χ2n) is 9.33. The molecular formula is C28H30N8O4. The summed E-state index contributed by atoms with van der Waals surface area (Å²) in [7, 11) is 0. The van der Waals surface area contributed by atoms with Gasteiger partial charge in [-0.1, -0.05) is 37.3 Å². The van der Waals surface area contributed by atoms with Gasteiger partial charge in [-0.25, -0.2) is 0 Å². The van der Waals surface area contributed by atoms with Gasteiger partial charge in [-0.3, -0.25) is 14.9 Å². The SMILES string of the molecule is CCC(C)Nc1cc(C)c(N=Nc2nc(-c3ccccc3)nn2-c2ccc([N+](=O)[O-])cc2)c(NC(C)C(=O)O)c1. The molecule has 3 aromatic carbocycles. The maximum absolute atomic E-state index is 11.6. The molecule has 0 saturated heterocycles. The Hall–Kier alpha value is -5.13. The summed E-state index contributed by atoms with van der Waals surface area (Å²) in [5, 5.41) is 40.5. The fourth-order valence-corrected chi connectivity index (χ4v) is 3.85. The molecule has 4 rings (SSSR count). The van der Waals surface area contributed by atoms with Crippen molar-refractivity contribution in [3.05, 3.63) is 82.4 Å². The minimum absolute atomic E-state index is 0.0553. The number of azo groups is 1. The third-order valence-corrected chi connectivity index (χ3v) is 6.23. The van der Waals surface area contributed by atoms with Crippen molar-refractivity contribution in [1.82, 2.24) is 14.8 Å². The fourth-order valence-electron chi connectivity index (χ4n) is 3.85. The van der Waals surface area contributed by atoms with Crippen molar-refractivity contribution in [3.63, 3.8) is 0 Å². The van der Waals surface area contributed by atoms with Crippen molar-refractivity contribution >= 4 is 34.7 Å². The number of nitrogens with zero attached hydrogens (tertiary/aromatic N) is 6. The predicted octanol–water partition coefficient (Wildman–Crippen LogP) is 6.66. The molecule has 2 unspecified atom stereocenters. The minimum atomic E-state index is -1.01. The van der Waals surface area contributed by atoms with Crippen LogP contribution in [-0.2, 0) is 4.79 Å². The average molecular weight is 543 g/mol. The number of hydrogen-bond donors (Lipinski definition) is 3. The molecular weight excluding hydrogens is 512 g/mol. The lowest BCUT2D eigenvalue weighted by Crippen LogP contribution is -2.25. The Kier molecular flexibility index (Phi) is 8.48. The van der Waals surface area contributed by atoms with Crippen LogP contribution in [0.5, 0.6) is 0 Å². The fraction of sp³-hybridized carbons (Fsp3) is 0.250. The number of rotatable bonds is 11. The predicted molar refractivity (Wildman–Crippen MR) is 153 cm³/mol. The van der Waals surface area contributed by atoms with Gasteiger partial charge >= 0.3 is 5.97 Å².